The Morgan fingerprint density at radius 1 is 0.680 bits per heavy atom. The number of ether oxygens (including phenoxy) is 6. The highest BCUT2D eigenvalue weighted by Gasteiger charge is 2.27. The number of nitrogens with zero attached hydrogens (tertiary/aromatic N) is 2. The number of aliphatic carboxylic acids is 2. The summed E-state index contributed by atoms with van der Waals surface area (Å²) < 4.78 is 31.9. The third kappa shape index (κ3) is 12.0. The van der Waals surface area contributed by atoms with Crippen LogP contribution in [0.4, 0.5) is 11.4 Å². The van der Waals surface area contributed by atoms with Crippen molar-refractivity contribution in [2.24, 2.45) is 0 Å². The third-order valence-electron chi connectivity index (χ3n) is 7.66. The van der Waals surface area contributed by atoms with Gasteiger partial charge >= 0.3 is 11.9 Å². The molecule has 2 amide bonds. The lowest BCUT2D eigenvalue weighted by Crippen LogP contribution is -2.45. The largest absolute Gasteiger partial charge is 0.493 e. The number of rotatable bonds is 22. The summed E-state index contributed by atoms with van der Waals surface area (Å²) in [4.78, 5) is 52.7. The highest BCUT2D eigenvalue weighted by atomic mass is 16.5. The van der Waals surface area contributed by atoms with Crippen molar-refractivity contribution in [3.05, 3.63) is 35.9 Å². The van der Waals surface area contributed by atoms with Gasteiger partial charge in [-0.05, 0) is 40.0 Å². The van der Waals surface area contributed by atoms with Gasteiger partial charge in [0.15, 0.2) is 23.0 Å². The fourth-order valence-electron chi connectivity index (χ4n) is 5.20. The van der Waals surface area contributed by atoms with Gasteiger partial charge < -0.3 is 54.2 Å². The summed E-state index contributed by atoms with van der Waals surface area (Å²) in [5.74, 6) is -1.02. The molecule has 0 saturated carbocycles. The van der Waals surface area contributed by atoms with E-state index in [1.54, 1.807) is 43.3 Å². The Morgan fingerprint density at radius 2 is 1.08 bits per heavy atom. The van der Waals surface area contributed by atoms with Crippen LogP contribution in [0, 0.1) is 0 Å². The average molecular weight is 705 g/mol. The van der Waals surface area contributed by atoms with Gasteiger partial charge in [-0.2, -0.15) is 0 Å². The SMILES string of the molecule is COc1cc(NC(=O)CCCN(C)CC(C(=CC(=O)O)C(=O)O)N(C)CCCC(=O)Nc2cc(OC)c(OC)c(OC)c2)cc(OC)c1OC. The molecule has 2 rings (SSSR count). The van der Waals surface area contributed by atoms with Crippen LogP contribution < -0.4 is 39.1 Å². The van der Waals surface area contributed by atoms with Crippen LogP contribution in [0.5, 0.6) is 34.5 Å². The molecule has 0 aliphatic carbocycles. The first kappa shape index (κ1) is 41.0. The number of hydrogen-bond acceptors (Lipinski definition) is 12. The van der Waals surface area contributed by atoms with Crippen LogP contribution in [0.1, 0.15) is 25.7 Å². The molecule has 50 heavy (non-hydrogen) atoms. The molecule has 0 radical (unpaired) electrons. The average Bonchev–Trinajstić information content (AvgIpc) is 3.08. The maximum atomic E-state index is 12.8. The minimum atomic E-state index is -1.39. The predicted octanol–water partition coefficient (Wildman–Crippen LogP) is 3.20. The van der Waals surface area contributed by atoms with E-state index in [0.29, 0.717) is 71.3 Å². The number of amides is 2. The van der Waals surface area contributed by atoms with E-state index in [2.05, 4.69) is 10.6 Å². The first-order valence-corrected chi connectivity index (χ1v) is 15.6. The minimum Gasteiger partial charge on any atom is -0.493 e. The standard InChI is InChI=1S/C34H48N4O12/c1-37(13-9-11-29(39)35-21-15-25(45-3)32(49-7)26(16-21)46-4)20-24(23(34(43)44)19-31(41)42)38(2)14-10-12-30(40)36-22-17-27(47-5)33(50-8)28(18-22)48-6/h15-19,24H,9-14,20H2,1-8H3,(H,35,39)(H,36,40)(H,41,42)(H,43,44). The Labute approximate surface area is 291 Å². The van der Waals surface area contributed by atoms with E-state index in [4.69, 9.17) is 28.4 Å². The van der Waals surface area contributed by atoms with Crippen LogP contribution in [-0.4, -0.2) is 126 Å². The minimum absolute atomic E-state index is 0.0929. The summed E-state index contributed by atoms with van der Waals surface area (Å²) in [5.41, 5.74) is 0.586. The molecule has 0 aliphatic heterocycles. The van der Waals surface area contributed by atoms with Gasteiger partial charge in [-0.15, -0.1) is 0 Å². The highest BCUT2D eigenvalue weighted by molar-refractivity contribution is 5.96. The molecule has 0 aliphatic rings. The molecule has 1 unspecified atom stereocenters. The van der Waals surface area contributed by atoms with Gasteiger partial charge in [-0.1, -0.05) is 0 Å². The molecular formula is C34H48N4O12. The fourth-order valence-corrected chi connectivity index (χ4v) is 5.20. The number of carboxylic acid groups (broad SMARTS) is 2. The van der Waals surface area contributed by atoms with E-state index < -0.39 is 18.0 Å². The number of carbonyl (C=O) groups excluding carboxylic acids is 2. The van der Waals surface area contributed by atoms with Crippen molar-refractivity contribution in [3.63, 3.8) is 0 Å². The van der Waals surface area contributed by atoms with Gasteiger partial charge in [0.2, 0.25) is 23.3 Å². The van der Waals surface area contributed by atoms with E-state index in [1.165, 1.54) is 42.7 Å². The number of anilines is 2. The maximum Gasteiger partial charge on any atom is 0.333 e. The van der Waals surface area contributed by atoms with Gasteiger partial charge in [0.1, 0.15) is 0 Å². The van der Waals surface area contributed by atoms with Crippen molar-refractivity contribution in [2.45, 2.75) is 31.7 Å². The third-order valence-corrected chi connectivity index (χ3v) is 7.66. The summed E-state index contributed by atoms with van der Waals surface area (Å²) in [6, 6.07) is 5.60. The lowest BCUT2D eigenvalue weighted by Gasteiger charge is -2.32. The Bertz CT molecular complexity index is 1460. The molecule has 0 heterocycles. The number of carboxylic acids is 2. The van der Waals surface area contributed by atoms with Crippen LogP contribution in [0.15, 0.2) is 35.9 Å². The van der Waals surface area contributed by atoms with Crippen LogP contribution in [-0.2, 0) is 19.2 Å². The molecule has 0 fully saturated rings. The van der Waals surface area contributed by atoms with Crippen molar-refractivity contribution >= 4 is 35.1 Å². The van der Waals surface area contributed by atoms with Crippen molar-refractivity contribution in [1.82, 2.24) is 9.80 Å². The molecule has 276 valence electrons. The second-order valence-electron chi connectivity index (χ2n) is 11.1. The second-order valence-corrected chi connectivity index (χ2v) is 11.1. The lowest BCUT2D eigenvalue weighted by molar-refractivity contribution is -0.135. The van der Waals surface area contributed by atoms with Crippen LogP contribution >= 0.6 is 0 Å². The molecule has 16 heteroatoms. The van der Waals surface area contributed by atoms with E-state index in [-0.39, 0.29) is 43.3 Å². The Morgan fingerprint density at radius 3 is 1.42 bits per heavy atom. The van der Waals surface area contributed by atoms with E-state index in [9.17, 15) is 29.4 Å². The zero-order valence-corrected chi connectivity index (χ0v) is 29.8. The summed E-state index contributed by atoms with van der Waals surface area (Å²) in [7, 11) is 12.3. The Kier molecular flexibility index (Phi) is 16.7. The van der Waals surface area contributed by atoms with E-state index in [1.807, 2.05) is 4.90 Å². The number of likely N-dealkylation sites (N-methyl/N-ethyl adjacent to an activating group) is 2. The normalized spacial score (nSPS) is 11.8. The predicted molar refractivity (Wildman–Crippen MR) is 185 cm³/mol. The second kappa shape index (κ2) is 20.3. The van der Waals surface area contributed by atoms with Crippen molar-refractivity contribution in [3.8, 4) is 34.5 Å². The molecule has 1 atom stereocenters. The highest BCUT2D eigenvalue weighted by Crippen LogP contribution is 2.41. The summed E-state index contributed by atoms with van der Waals surface area (Å²) in [5, 5.41) is 24.9. The number of benzene rings is 2. The topological polar surface area (TPSA) is 195 Å². The van der Waals surface area contributed by atoms with Gasteiger partial charge in [-0.3, -0.25) is 14.5 Å². The van der Waals surface area contributed by atoms with Crippen molar-refractivity contribution < 1.29 is 57.8 Å². The number of nitrogens with one attached hydrogen (secondary N) is 2. The van der Waals surface area contributed by atoms with Crippen molar-refractivity contribution in [2.75, 3.05) is 87.0 Å². The molecule has 0 bridgehead atoms. The van der Waals surface area contributed by atoms with Crippen LogP contribution in [0.25, 0.3) is 0 Å². The first-order valence-electron chi connectivity index (χ1n) is 15.6. The molecule has 2 aromatic carbocycles. The van der Waals surface area contributed by atoms with Crippen LogP contribution in [0.2, 0.25) is 0 Å². The Balaban J connectivity index is 2.03. The molecular weight excluding hydrogens is 656 g/mol. The fraction of sp³-hybridized carbons (Fsp3) is 0.471. The van der Waals surface area contributed by atoms with E-state index >= 15 is 0 Å². The molecule has 4 N–H and O–H groups in total. The van der Waals surface area contributed by atoms with E-state index in [0.717, 1.165) is 0 Å². The smallest absolute Gasteiger partial charge is 0.333 e. The Hall–Kier alpha value is -5.22. The number of hydrogen-bond donors (Lipinski definition) is 4. The molecule has 0 aromatic heterocycles. The van der Waals surface area contributed by atoms with Gasteiger partial charge in [0.05, 0.1) is 54.3 Å². The van der Waals surface area contributed by atoms with Gasteiger partial charge in [-0.25, -0.2) is 9.59 Å². The summed E-state index contributed by atoms with van der Waals surface area (Å²) in [6.07, 6.45) is 1.69. The number of carbonyl (C=O) groups is 4. The summed E-state index contributed by atoms with van der Waals surface area (Å²) >= 11 is 0. The number of methoxy groups -OCH3 is 6. The zero-order chi connectivity index (χ0) is 37.4. The molecule has 0 saturated heterocycles. The first-order chi connectivity index (χ1) is 23.8. The van der Waals surface area contributed by atoms with Crippen LogP contribution in [0.3, 0.4) is 0 Å². The van der Waals surface area contributed by atoms with Gasteiger partial charge in [0.25, 0.3) is 0 Å². The lowest BCUT2D eigenvalue weighted by atomic mass is 10.0. The molecule has 0 spiro atoms. The monoisotopic (exact) mass is 704 g/mol. The maximum absolute atomic E-state index is 12.8. The zero-order valence-electron chi connectivity index (χ0n) is 29.8. The summed E-state index contributed by atoms with van der Waals surface area (Å²) in [6.45, 7) is 0.834. The van der Waals surface area contributed by atoms with Crippen molar-refractivity contribution in [1.29, 1.82) is 0 Å². The quantitative estimate of drug-likeness (QED) is 0.131. The molecule has 16 nitrogen and oxygen atoms in total. The van der Waals surface area contributed by atoms with Gasteiger partial charge in [0, 0.05) is 61.1 Å². The molecule has 2 aromatic rings.